The normalized spacial score (nSPS) is 10.1. The molecule has 5 heteroatoms. The van der Waals surface area contributed by atoms with E-state index >= 15 is 0 Å². The lowest BCUT2D eigenvalue weighted by Gasteiger charge is -2.17. The summed E-state index contributed by atoms with van der Waals surface area (Å²) in [7, 11) is 1.90. The fourth-order valence-electron chi connectivity index (χ4n) is 2.11. The Morgan fingerprint density at radius 1 is 1.38 bits per heavy atom. The number of hydrogen-bond acceptors (Lipinski definition) is 5. The van der Waals surface area contributed by atoms with Gasteiger partial charge in [-0.3, -0.25) is 4.79 Å². The van der Waals surface area contributed by atoms with Gasteiger partial charge in [0.25, 0.3) is 0 Å². The van der Waals surface area contributed by atoms with Gasteiger partial charge in [-0.15, -0.1) is 11.3 Å². The molecule has 0 unspecified atom stereocenters. The summed E-state index contributed by atoms with van der Waals surface area (Å²) in [4.78, 5) is 14.3. The van der Waals surface area contributed by atoms with Crippen molar-refractivity contribution in [3.05, 3.63) is 46.3 Å². The van der Waals surface area contributed by atoms with Gasteiger partial charge in [-0.05, 0) is 5.56 Å². The van der Waals surface area contributed by atoms with Gasteiger partial charge >= 0.3 is 0 Å². The van der Waals surface area contributed by atoms with Gasteiger partial charge in [-0.2, -0.15) is 5.26 Å². The molecule has 1 aromatic heterocycles. The van der Waals surface area contributed by atoms with Crippen LogP contribution < -0.4 is 10.6 Å². The van der Waals surface area contributed by atoms with E-state index in [-0.39, 0.29) is 5.78 Å². The fraction of sp³-hybridized carbons (Fsp3) is 0.250. The number of nitrogens with two attached hydrogens (primary N) is 1. The molecule has 21 heavy (non-hydrogen) atoms. The molecule has 0 bridgehead atoms. The van der Waals surface area contributed by atoms with Gasteiger partial charge < -0.3 is 10.6 Å². The molecule has 1 aromatic carbocycles. The Hall–Kier alpha value is -2.32. The average molecular weight is 299 g/mol. The Morgan fingerprint density at radius 3 is 2.62 bits per heavy atom. The number of thiophene rings is 1. The third-order valence-electron chi connectivity index (χ3n) is 3.22. The van der Waals surface area contributed by atoms with Crippen molar-refractivity contribution >= 4 is 27.8 Å². The summed E-state index contributed by atoms with van der Waals surface area (Å²) in [5, 5.41) is 10.1. The maximum absolute atomic E-state index is 11.9. The van der Waals surface area contributed by atoms with E-state index in [0.29, 0.717) is 29.1 Å². The highest BCUT2D eigenvalue weighted by molar-refractivity contribution is 7.19. The van der Waals surface area contributed by atoms with Gasteiger partial charge in [0.15, 0.2) is 5.78 Å². The lowest BCUT2D eigenvalue weighted by Crippen LogP contribution is -2.16. The number of nitrogen functional groups attached to an aromatic ring is 1. The topological polar surface area (TPSA) is 70.1 Å². The largest absolute Gasteiger partial charge is 0.396 e. The van der Waals surface area contributed by atoms with Crippen molar-refractivity contribution < 1.29 is 4.79 Å². The Labute approximate surface area is 128 Å². The van der Waals surface area contributed by atoms with E-state index in [4.69, 9.17) is 5.73 Å². The van der Waals surface area contributed by atoms with Gasteiger partial charge in [0.2, 0.25) is 0 Å². The van der Waals surface area contributed by atoms with Crippen LogP contribution in [0.1, 0.15) is 34.1 Å². The summed E-state index contributed by atoms with van der Waals surface area (Å²) >= 11 is 1.30. The monoisotopic (exact) mass is 299 g/mol. The van der Waals surface area contributed by atoms with E-state index in [9.17, 15) is 10.1 Å². The maximum atomic E-state index is 11.9. The number of benzene rings is 1. The van der Waals surface area contributed by atoms with Crippen molar-refractivity contribution in [2.45, 2.75) is 19.9 Å². The Bertz CT molecular complexity index is 686. The summed E-state index contributed by atoms with van der Waals surface area (Å²) in [6, 6.07) is 12.1. The minimum Gasteiger partial charge on any atom is -0.396 e. The average Bonchev–Trinajstić information content (AvgIpc) is 2.84. The quantitative estimate of drug-likeness (QED) is 0.859. The highest BCUT2D eigenvalue weighted by Crippen LogP contribution is 2.38. The minimum absolute atomic E-state index is 0.0200. The van der Waals surface area contributed by atoms with Crippen LogP contribution in [0, 0.1) is 11.3 Å². The molecule has 0 radical (unpaired) electrons. The first-order valence-corrected chi connectivity index (χ1v) is 7.50. The van der Waals surface area contributed by atoms with Gasteiger partial charge in [0.05, 0.1) is 10.6 Å². The van der Waals surface area contributed by atoms with Crippen LogP contribution in [0.2, 0.25) is 0 Å². The third-order valence-corrected chi connectivity index (χ3v) is 4.58. The van der Waals surface area contributed by atoms with Gasteiger partial charge in [-0.25, -0.2) is 0 Å². The number of hydrogen-bond donors (Lipinski definition) is 1. The lowest BCUT2D eigenvalue weighted by molar-refractivity contribution is 0.0993. The van der Waals surface area contributed by atoms with Crippen LogP contribution in [0.25, 0.3) is 0 Å². The summed E-state index contributed by atoms with van der Waals surface area (Å²) in [5.41, 5.74) is 7.81. The number of ketones is 1. The van der Waals surface area contributed by atoms with Crippen LogP contribution in [-0.2, 0) is 6.54 Å². The highest BCUT2D eigenvalue weighted by atomic mass is 32.1. The van der Waals surface area contributed by atoms with E-state index < -0.39 is 0 Å². The minimum atomic E-state index is -0.0200. The molecule has 4 nitrogen and oxygen atoms in total. The first kappa shape index (κ1) is 15.1. The second-order valence-electron chi connectivity index (χ2n) is 4.76. The van der Waals surface area contributed by atoms with Crippen molar-refractivity contribution in [3.8, 4) is 6.07 Å². The van der Waals surface area contributed by atoms with Crippen LogP contribution in [-0.4, -0.2) is 12.8 Å². The van der Waals surface area contributed by atoms with Gasteiger partial charge in [0, 0.05) is 20.0 Å². The molecule has 0 spiro atoms. The Kier molecular flexibility index (Phi) is 4.61. The zero-order chi connectivity index (χ0) is 15.4. The molecule has 0 saturated carbocycles. The number of nitriles is 1. The molecule has 2 rings (SSSR count). The second kappa shape index (κ2) is 6.42. The number of carbonyl (C=O) groups is 1. The molecule has 0 aliphatic carbocycles. The van der Waals surface area contributed by atoms with E-state index in [1.54, 1.807) is 6.92 Å². The first-order chi connectivity index (χ1) is 10.1. The summed E-state index contributed by atoms with van der Waals surface area (Å²) in [6.07, 6.45) is 0.386. The Balaban J connectivity index is 2.35. The first-order valence-electron chi connectivity index (χ1n) is 6.69. The summed E-state index contributed by atoms with van der Waals surface area (Å²) < 4.78 is 0. The van der Waals surface area contributed by atoms with Crippen molar-refractivity contribution in [1.82, 2.24) is 0 Å². The van der Waals surface area contributed by atoms with Crippen LogP contribution in [0.4, 0.5) is 10.7 Å². The number of rotatable bonds is 5. The standard InChI is InChI=1S/C16H17N3OS/c1-3-13(20)15-14(18)12(9-17)16(21-15)19(2)10-11-7-5-4-6-8-11/h4-8H,3,10,18H2,1-2H3. The number of anilines is 2. The molecule has 0 aliphatic heterocycles. The highest BCUT2D eigenvalue weighted by Gasteiger charge is 2.22. The third kappa shape index (κ3) is 3.06. The molecular formula is C16H17N3OS. The second-order valence-corrected chi connectivity index (χ2v) is 5.75. The SMILES string of the molecule is CCC(=O)c1sc(N(C)Cc2ccccc2)c(C#N)c1N. The van der Waals surface area contributed by atoms with E-state index in [2.05, 4.69) is 6.07 Å². The smallest absolute Gasteiger partial charge is 0.174 e. The molecule has 108 valence electrons. The van der Waals surface area contributed by atoms with E-state index in [0.717, 1.165) is 10.6 Å². The summed E-state index contributed by atoms with van der Waals surface area (Å²) in [5.74, 6) is -0.0200. The van der Waals surface area contributed by atoms with Gasteiger partial charge in [0.1, 0.15) is 16.6 Å². The molecule has 0 aliphatic rings. The molecule has 2 N–H and O–H groups in total. The number of Topliss-reactive ketones (excluding diaryl/α,β-unsaturated/α-hetero) is 1. The fourth-order valence-corrected chi connectivity index (χ4v) is 3.25. The van der Waals surface area contributed by atoms with Crippen molar-refractivity contribution in [3.63, 3.8) is 0 Å². The number of carbonyl (C=O) groups excluding carboxylic acids is 1. The molecule has 0 amide bonds. The molecule has 2 aromatic rings. The van der Waals surface area contributed by atoms with Crippen LogP contribution in [0.5, 0.6) is 0 Å². The maximum Gasteiger partial charge on any atom is 0.174 e. The zero-order valence-electron chi connectivity index (χ0n) is 12.1. The molecule has 0 atom stereocenters. The predicted molar refractivity (Wildman–Crippen MR) is 86.6 cm³/mol. The molecule has 1 heterocycles. The lowest BCUT2D eigenvalue weighted by atomic mass is 10.1. The molecular weight excluding hydrogens is 282 g/mol. The van der Waals surface area contributed by atoms with E-state index in [1.165, 1.54) is 11.3 Å². The van der Waals surface area contributed by atoms with E-state index in [1.807, 2.05) is 42.3 Å². The predicted octanol–water partition coefficient (Wildman–Crippen LogP) is 3.43. The van der Waals surface area contributed by atoms with Crippen molar-refractivity contribution in [2.75, 3.05) is 17.7 Å². The number of nitrogens with zero attached hydrogens (tertiary/aromatic N) is 2. The van der Waals surface area contributed by atoms with Crippen LogP contribution >= 0.6 is 11.3 Å². The zero-order valence-corrected chi connectivity index (χ0v) is 12.9. The van der Waals surface area contributed by atoms with Crippen LogP contribution in [0.3, 0.4) is 0 Å². The summed E-state index contributed by atoms with van der Waals surface area (Å²) in [6.45, 7) is 2.45. The van der Waals surface area contributed by atoms with Crippen molar-refractivity contribution in [1.29, 1.82) is 5.26 Å². The van der Waals surface area contributed by atoms with Crippen molar-refractivity contribution in [2.24, 2.45) is 0 Å². The van der Waals surface area contributed by atoms with Crippen LogP contribution in [0.15, 0.2) is 30.3 Å². The molecule has 0 fully saturated rings. The molecule has 0 saturated heterocycles. The van der Waals surface area contributed by atoms with Gasteiger partial charge in [-0.1, -0.05) is 37.3 Å². The Morgan fingerprint density at radius 2 is 2.05 bits per heavy atom.